The molecule has 0 bridgehead atoms. The Morgan fingerprint density at radius 1 is 1.00 bits per heavy atom. The normalized spacial score (nSPS) is 16.0. The molecule has 0 saturated heterocycles. The zero-order chi connectivity index (χ0) is 25.1. The van der Waals surface area contributed by atoms with Gasteiger partial charge in [0.1, 0.15) is 23.1 Å². The van der Waals surface area contributed by atoms with Crippen molar-refractivity contribution < 1.29 is 41.0 Å². The molecule has 0 unspecified atom stereocenters. The van der Waals surface area contributed by atoms with Crippen LogP contribution in [0.1, 0.15) is 30.5 Å². The minimum absolute atomic E-state index is 0.00824. The van der Waals surface area contributed by atoms with Crippen LogP contribution in [0.3, 0.4) is 0 Å². The van der Waals surface area contributed by atoms with E-state index in [9.17, 15) is 26.7 Å². The fourth-order valence-electron chi connectivity index (χ4n) is 4.34. The van der Waals surface area contributed by atoms with Crippen LogP contribution in [-0.4, -0.2) is 12.7 Å². The molecule has 0 atom stereocenters. The molecule has 5 nitrogen and oxygen atoms in total. The quantitative estimate of drug-likeness (QED) is 0.401. The Balaban J connectivity index is 1.61. The van der Waals surface area contributed by atoms with Gasteiger partial charge in [0, 0.05) is 29.8 Å². The molecule has 0 radical (unpaired) electrons. The van der Waals surface area contributed by atoms with Crippen LogP contribution in [0.2, 0.25) is 0 Å². The Labute approximate surface area is 196 Å². The lowest BCUT2D eigenvalue weighted by molar-refractivity contribution is -0.138. The summed E-state index contributed by atoms with van der Waals surface area (Å²) in [5.74, 6) is -2.13. The van der Waals surface area contributed by atoms with Gasteiger partial charge in [-0.15, -0.1) is 0 Å². The van der Waals surface area contributed by atoms with E-state index in [4.69, 9.17) is 14.2 Å². The van der Waals surface area contributed by atoms with E-state index >= 15 is 0 Å². The third-order valence-electron chi connectivity index (χ3n) is 6.05. The number of fused-ring (bicyclic) bond motifs is 2. The Morgan fingerprint density at radius 2 is 1.66 bits per heavy atom. The summed E-state index contributed by atoms with van der Waals surface area (Å²) in [6, 6.07) is 8.77. The predicted molar refractivity (Wildman–Crippen MR) is 115 cm³/mol. The molecule has 1 amide bonds. The van der Waals surface area contributed by atoms with Crippen molar-refractivity contribution in [1.29, 1.82) is 0 Å². The first kappa shape index (κ1) is 22.9. The van der Waals surface area contributed by atoms with E-state index in [0.29, 0.717) is 28.8 Å². The lowest BCUT2D eigenvalue weighted by atomic mass is 9.86. The molecule has 2 aliphatic rings. The average molecular weight is 491 g/mol. The molecule has 0 aromatic heterocycles. The third kappa shape index (κ3) is 3.92. The van der Waals surface area contributed by atoms with Gasteiger partial charge in [0.25, 0.3) is 0 Å². The number of rotatable bonds is 4. The zero-order valence-corrected chi connectivity index (χ0v) is 18.5. The predicted octanol–water partition coefficient (Wildman–Crippen LogP) is 6.33. The monoisotopic (exact) mass is 491 g/mol. The minimum Gasteiger partial charge on any atom is -0.457 e. The van der Waals surface area contributed by atoms with E-state index in [1.807, 2.05) is 0 Å². The van der Waals surface area contributed by atoms with Crippen molar-refractivity contribution in [2.45, 2.75) is 32.0 Å². The van der Waals surface area contributed by atoms with Crippen molar-refractivity contribution in [2.24, 2.45) is 0 Å². The van der Waals surface area contributed by atoms with E-state index in [1.54, 1.807) is 26.0 Å². The number of hydrogen-bond donors (Lipinski definition) is 0. The summed E-state index contributed by atoms with van der Waals surface area (Å²) in [6.45, 7) is 2.82. The fraction of sp³-hybridized carbons (Fsp3) is 0.240. The number of carbonyl (C=O) groups excluding carboxylic acids is 1. The number of anilines is 1. The van der Waals surface area contributed by atoms with Crippen LogP contribution in [0.4, 0.5) is 27.6 Å². The first-order chi connectivity index (χ1) is 16.4. The Morgan fingerprint density at radius 3 is 2.31 bits per heavy atom. The molecule has 2 aliphatic heterocycles. The molecule has 3 aromatic rings. The Bertz CT molecular complexity index is 1330. The smallest absolute Gasteiger partial charge is 0.416 e. The van der Waals surface area contributed by atoms with Crippen molar-refractivity contribution in [1.82, 2.24) is 0 Å². The third-order valence-corrected chi connectivity index (χ3v) is 6.05. The van der Waals surface area contributed by atoms with Crippen LogP contribution < -0.4 is 19.1 Å². The van der Waals surface area contributed by atoms with Crippen LogP contribution in [0, 0.1) is 11.6 Å². The summed E-state index contributed by atoms with van der Waals surface area (Å²) in [5.41, 5.74) is -1.49. The number of hydrogen-bond acceptors (Lipinski definition) is 4. The van der Waals surface area contributed by atoms with E-state index < -0.39 is 41.2 Å². The SMILES string of the molecule is CC1(C)C(=O)N(Cc2c(Oc3cc(F)cc(F)c3)cccc2C(F)(F)F)c2cc3c(cc21)OCO3. The van der Waals surface area contributed by atoms with Crippen molar-refractivity contribution in [3.05, 3.63) is 76.9 Å². The maximum absolute atomic E-state index is 14.0. The Hall–Kier alpha value is -3.82. The van der Waals surface area contributed by atoms with Gasteiger partial charge in [0.15, 0.2) is 11.5 Å². The van der Waals surface area contributed by atoms with Gasteiger partial charge in [0.05, 0.1) is 23.2 Å². The molecule has 35 heavy (non-hydrogen) atoms. The van der Waals surface area contributed by atoms with Gasteiger partial charge in [0.2, 0.25) is 12.7 Å². The van der Waals surface area contributed by atoms with Gasteiger partial charge in [-0.25, -0.2) is 8.78 Å². The number of ether oxygens (including phenoxy) is 3. The molecule has 10 heteroatoms. The molecule has 5 rings (SSSR count). The second kappa shape index (κ2) is 7.86. The van der Waals surface area contributed by atoms with Crippen molar-refractivity contribution in [3.63, 3.8) is 0 Å². The highest BCUT2D eigenvalue weighted by Crippen LogP contribution is 2.49. The second-order valence-corrected chi connectivity index (χ2v) is 8.73. The number of benzene rings is 3. The summed E-state index contributed by atoms with van der Waals surface area (Å²) >= 11 is 0. The van der Waals surface area contributed by atoms with Crippen molar-refractivity contribution in [3.8, 4) is 23.0 Å². The first-order valence-corrected chi connectivity index (χ1v) is 10.5. The van der Waals surface area contributed by atoms with Gasteiger partial charge in [-0.1, -0.05) is 6.07 Å². The minimum atomic E-state index is -4.78. The number of halogens is 5. The van der Waals surface area contributed by atoms with Crippen LogP contribution in [0.15, 0.2) is 48.5 Å². The van der Waals surface area contributed by atoms with Crippen LogP contribution in [-0.2, 0) is 22.9 Å². The highest BCUT2D eigenvalue weighted by atomic mass is 19.4. The molecule has 2 heterocycles. The van der Waals surface area contributed by atoms with E-state index in [0.717, 1.165) is 24.3 Å². The molecular weight excluding hydrogens is 473 g/mol. The highest BCUT2D eigenvalue weighted by Gasteiger charge is 2.46. The molecule has 0 fully saturated rings. The van der Waals surface area contributed by atoms with Gasteiger partial charge in [-0.3, -0.25) is 4.79 Å². The summed E-state index contributed by atoms with van der Waals surface area (Å²) in [6.07, 6.45) is -4.78. The first-order valence-electron chi connectivity index (χ1n) is 10.5. The summed E-state index contributed by atoms with van der Waals surface area (Å²) in [5, 5.41) is 0. The molecule has 0 saturated carbocycles. The summed E-state index contributed by atoms with van der Waals surface area (Å²) < 4.78 is 85.6. The molecule has 0 N–H and O–H groups in total. The molecule has 3 aromatic carbocycles. The number of nitrogens with zero attached hydrogens (tertiary/aromatic N) is 1. The van der Waals surface area contributed by atoms with Crippen molar-refractivity contribution >= 4 is 11.6 Å². The van der Waals surface area contributed by atoms with Gasteiger partial charge in [-0.05, 0) is 37.6 Å². The van der Waals surface area contributed by atoms with E-state index in [2.05, 4.69) is 0 Å². The maximum atomic E-state index is 14.0. The fourth-order valence-corrected chi connectivity index (χ4v) is 4.34. The summed E-state index contributed by atoms with van der Waals surface area (Å²) in [7, 11) is 0. The van der Waals surface area contributed by atoms with Gasteiger partial charge >= 0.3 is 6.18 Å². The topological polar surface area (TPSA) is 48.0 Å². The lowest BCUT2D eigenvalue weighted by Gasteiger charge is -2.24. The van der Waals surface area contributed by atoms with Crippen molar-refractivity contribution in [2.75, 3.05) is 11.7 Å². The summed E-state index contributed by atoms with van der Waals surface area (Å²) in [4.78, 5) is 14.6. The average Bonchev–Trinajstić information content (AvgIpc) is 3.29. The standard InChI is InChI=1S/C25H18F5NO4/c1-24(2)18-9-21-22(34-12-33-21)10-19(18)31(23(24)32)11-16-17(25(28,29)30)4-3-5-20(16)35-15-7-13(26)6-14(27)8-15/h3-10H,11-12H2,1-2H3. The molecular formula is C25H18F5NO4. The van der Waals surface area contributed by atoms with Gasteiger partial charge in [-0.2, -0.15) is 13.2 Å². The molecule has 0 aliphatic carbocycles. The molecule has 182 valence electrons. The lowest BCUT2D eigenvalue weighted by Crippen LogP contribution is -2.36. The van der Waals surface area contributed by atoms with Crippen LogP contribution in [0.5, 0.6) is 23.0 Å². The van der Waals surface area contributed by atoms with E-state index in [-0.39, 0.29) is 23.9 Å². The molecule has 0 spiro atoms. The van der Waals surface area contributed by atoms with Crippen LogP contribution >= 0.6 is 0 Å². The zero-order valence-electron chi connectivity index (χ0n) is 18.5. The maximum Gasteiger partial charge on any atom is 0.416 e. The van der Waals surface area contributed by atoms with E-state index in [1.165, 1.54) is 11.0 Å². The number of carbonyl (C=O) groups is 1. The largest absolute Gasteiger partial charge is 0.457 e. The second-order valence-electron chi connectivity index (χ2n) is 8.73. The number of alkyl halides is 3. The number of amides is 1. The van der Waals surface area contributed by atoms with Gasteiger partial charge < -0.3 is 19.1 Å². The van der Waals surface area contributed by atoms with Crippen LogP contribution in [0.25, 0.3) is 0 Å². The highest BCUT2D eigenvalue weighted by molar-refractivity contribution is 6.08. The Kier molecular flexibility index (Phi) is 5.15.